The van der Waals surface area contributed by atoms with E-state index in [0.29, 0.717) is 6.54 Å². The van der Waals surface area contributed by atoms with Crippen LogP contribution in [-0.4, -0.2) is 21.1 Å². The maximum absolute atomic E-state index is 5.85. The van der Waals surface area contributed by atoms with Gasteiger partial charge in [0.1, 0.15) is 23.5 Å². The van der Waals surface area contributed by atoms with Crippen LogP contribution < -0.4 is 10.5 Å². The largest absolute Gasteiger partial charge is 0.457 e. The first-order valence-corrected chi connectivity index (χ1v) is 8.17. The molecule has 2 aromatic heterocycles. The quantitative estimate of drug-likeness (QED) is 0.603. The lowest BCUT2D eigenvalue weighted by Gasteiger charge is -2.06. The first kappa shape index (κ1) is 15.4. The Morgan fingerprint density at radius 2 is 1.72 bits per heavy atom. The summed E-state index contributed by atoms with van der Waals surface area (Å²) in [4.78, 5) is 8.56. The van der Waals surface area contributed by atoms with Crippen LogP contribution in [0, 0.1) is 0 Å². The minimum Gasteiger partial charge on any atom is -0.457 e. The summed E-state index contributed by atoms with van der Waals surface area (Å²) in [5.74, 6) is 1.63. The molecule has 0 atom stereocenters. The van der Waals surface area contributed by atoms with Crippen molar-refractivity contribution in [1.82, 2.24) is 14.5 Å². The second kappa shape index (κ2) is 6.75. The van der Waals surface area contributed by atoms with Crippen molar-refractivity contribution < 1.29 is 4.74 Å². The van der Waals surface area contributed by atoms with Crippen LogP contribution >= 0.6 is 0 Å². The number of ether oxygens (including phenoxy) is 1. The normalized spacial score (nSPS) is 10.9. The summed E-state index contributed by atoms with van der Waals surface area (Å²) in [6.07, 6.45) is 5.49. The summed E-state index contributed by atoms with van der Waals surface area (Å²) >= 11 is 0. The Morgan fingerprint density at radius 3 is 2.48 bits per heavy atom. The Labute approximate surface area is 145 Å². The molecule has 2 heterocycles. The zero-order chi connectivity index (χ0) is 17.1. The van der Waals surface area contributed by atoms with Crippen LogP contribution in [0.15, 0.2) is 73.3 Å². The van der Waals surface area contributed by atoms with E-state index >= 15 is 0 Å². The third-order valence-corrected chi connectivity index (χ3v) is 4.05. The average molecular weight is 330 g/mol. The molecule has 2 N–H and O–H groups in total. The number of para-hydroxylation sites is 1. The van der Waals surface area contributed by atoms with Crippen molar-refractivity contribution in [2.24, 2.45) is 5.73 Å². The van der Waals surface area contributed by atoms with E-state index in [1.54, 1.807) is 6.33 Å². The SMILES string of the molecule is NCCn1cc(-c2ccc(Oc3ccccc3)cc2)c2cncnc21. The molecule has 25 heavy (non-hydrogen) atoms. The summed E-state index contributed by atoms with van der Waals surface area (Å²) in [7, 11) is 0. The van der Waals surface area contributed by atoms with Crippen LogP contribution in [0.3, 0.4) is 0 Å². The van der Waals surface area contributed by atoms with Crippen molar-refractivity contribution in [3.8, 4) is 22.6 Å². The van der Waals surface area contributed by atoms with Crippen molar-refractivity contribution in [2.45, 2.75) is 6.54 Å². The van der Waals surface area contributed by atoms with Crippen molar-refractivity contribution in [3.63, 3.8) is 0 Å². The number of rotatable bonds is 5. The van der Waals surface area contributed by atoms with Gasteiger partial charge in [-0.2, -0.15) is 0 Å². The second-order valence-corrected chi connectivity index (χ2v) is 5.72. The number of benzene rings is 2. The van der Waals surface area contributed by atoms with Crippen LogP contribution in [0.2, 0.25) is 0 Å². The first-order chi connectivity index (χ1) is 12.3. The van der Waals surface area contributed by atoms with E-state index in [1.165, 1.54) is 0 Å². The van der Waals surface area contributed by atoms with Crippen molar-refractivity contribution in [2.75, 3.05) is 6.54 Å². The van der Waals surface area contributed by atoms with Crippen molar-refractivity contribution >= 4 is 11.0 Å². The summed E-state index contributed by atoms with van der Waals surface area (Å²) in [6.45, 7) is 1.29. The molecular formula is C20H18N4O. The molecule has 0 aliphatic heterocycles. The summed E-state index contributed by atoms with van der Waals surface area (Å²) in [5.41, 5.74) is 8.80. The fourth-order valence-corrected chi connectivity index (χ4v) is 2.90. The smallest absolute Gasteiger partial charge is 0.143 e. The Kier molecular flexibility index (Phi) is 4.14. The van der Waals surface area contributed by atoms with Gasteiger partial charge in [-0.3, -0.25) is 0 Å². The molecule has 0 aliphatic rings. The lowest BCUT2D eigenvalue weighted by atomic mass is 10.1. The fraction of sp³-hybridized carbons (Fsp3) is 0.100. The summed E-state index contributed by atoms with van der Waals surface area (Å²) in [5, 5.41) is 1.02. The monoisotopic (exact) mass is 330 g/mol. The summed E-state index contributed by atoms with van der Waals surface area (Å²) < 4.78 is 7.92. The van der Waals surface area contributed by atoms with Gasteiger partial charge in [0.2, 0.25) is 0 Å². The van der Waals surface area contributed by atoms with Gasteiger partial charge in [0.25, 0.3) is 0 Å². The molecule has 4 rings (SSSR count). The molecular weight excluding hydrogens is 312 g/mol. The Bertz CT molecular complexity index is 978. The van der Waals surface area contributed by atoms with Gasteiger partial charge < -0.3 is 15.0 Å². The lowest BCUT2D eigenvalue weighted by Crippen LogP contribution is -2.09. The number of fused-ring (bicyclic) bond motifs is 1. The van der Waals surface area contributed by atoms with Gasteiger partial charge in [-0.25, -0.2) is 9.97 Å². The third-order valence-electron chi connectivity index (χ3n) is 4.05. The molecule has 0 bridgehead atoms. The van der Waals surface area contributed by atoms with Gasteiger partial charge >= 0.3 is 0 Å². The van der Waals surface area contributed by atoms with Crippen LogP contribution in [0.5, 0.6) is 11.5 Å². The maximum atomic E-state index is 5.85. The van der Waals surface area contributed by atoms with Crippen LogP contribution in [0.1, 0.15) is 0 Å². The zero-order valence-corrected chi connectivity index (χ0v) is 13.7. The number of nitrogens with zero attached hydrogens (tertiary/aromatic N) is 3. The van der Waals surface area contributed by atoms with E-state index in [2.05, 4.69) is 20.7 Å². The fourth-order valence-electron chi connectivity index (χ4n) is 2.90. The number of aromatic nitrogens is 3. The molecule has 0 radical (unpaired) electrons. The average Bonchev–Trinajstić information content (AvgIpc) is 3.03. The molecule has 5 nitrogen and oxygen atoms in total. The van der Waals surface area contributed by atoms with Gasteiger partial charge in [-0.15, -0.1) is 0 Å². The second-order valence-electron chi connectivity index (χ2n) is 5.72. The lowest BCUT2D eigenvalue weighted by molar-refractivity contribution is 0.483. The molecule has 2 aromatic carbocycles. The van der Waals surface area contributed by atoms with E-state index < -0.39 is 0 Å². The van der Waals surface area contributed by atoms with Crippen molar-refractivity contribution in [1.29, 1.82) is 0 Å². The van der Waals surface area contributed by atoms with E-state index in [1.807, 2.05) is 60.8 Å². The summed E-state index contributed by atoms with van der Waals surface area (Å²) in [6, 6.07) is 17.8. The predicted molar refractivity (Wildman–Crippen MR) is 98.5 cm³/mol. The van der Waals surface area contributed by atoms with E-state index in [4.69, 9.17) is 10.5 Å². The molecule has 0 saturated heterocycles. The standard InChI is InChI=1S/C20H18N4O/c21-10-11-24-13-19(18-12-22-14-23-20(18)24)15-6-8-17(9-7-15)25-16-4-2-1-3-5-16/h1-9,12-14H,10-11,21H2. The van der Waals surface area contributed by atoms with Crippen LogP contribution in [-0.2, 0) is 6.54 Å². The van der Waals surface area contributed by atoms with E-state index in [9.17, 15) is 0 Å². The topological polar surface area (TPSA) is 66.0 Å². The first-order valence-electron chi connectivity index (χ1n) is 8.17. The van der Waals surface area contributed by atoms with Gasteiger partial charge in [0.15, 0.2) is 0 Å². The minimum absolute atomic E-state index is 0.567. The van der Waals surface area contributed by atoms with E-state index in [-0.39, 0.29) is 0 Å². The highest BCUT2D eigenvalue weighted by Gasteiger charge is 2.11. The highest BCUT2D eigenvalue weighted by molar-refractivity contribution is 5.93. The molecule has 0 saturated carbocycles. The molecule has 0 amide bonds. The van der Waals surface area contributed by atoms with Crippen molar-refractivity contribution in [3.05, 3.63) is 73.3 Å². The molecule has 0 aliphatic carbocycles. The Morgan fingerprint density at radius 1 is 0.960 bits per heavy atom. The molecule has 5 heteroatoms. The number of hydrogen-bond acceptors (Lipinski definition) is 4. The van der Waals surface area contributed by atoms with E-state index in [0.717, 1.165) is 40.2 Å². The Balaban J connectivity index is 1.67. The molecule has 124 valence electrons. The molecule has 0 fully saturated rings. The molecule has 0 spiro atoms. The van der Waals surface area contributed by atoms with Gasteiger partial charge in [-0.1, -0.05) is 30.3 Å². The predicted octanol–water partition coefficient (Wildman–Crippen LogP) is 3.85. The number of hydrogen-bond donors (Lipinski definition) is 1. The highest BCUT2D eigenvalue weighted by atomic mass is 16.5. The highest BCUT2D eigenvalue weighted by Crippen LogP contribution is 2.31. The van der Waals surface area contributed by atoms with Gasteiger partial charge in [0, 0.05) is 36.4 Å². The van der Waals surface area contributed by atoms with Gasteiger partial charge in [-0.05, 0) is 29.8 Å². The van der Waals surface area contributed by atoms with Crippen LogP contribution in [0.4, 0.5) is 0 Å². The maximum Gasteiger partial charge on any atom is 0.143 e. The minimum atomic E-state index is 0.567. The molecule has 0 unspecified atom stereocenters. The zero-order valence-electron chi connectivity index (χ0n) is 13.7. The third kappa shape index (κ3) is 3.09. The Hall–Kier alpha value is -3.18. The van der Waals surface area contributed by atoms with Crippen LogP contribution in [0.25, 0.3) is 22.2 Å². The van der Waals surface area contributed by atoms with Gasteiger partial charge in [0.05, 0.1) is 0 Å². The number of nitrogens with two attached hydrogens (primary N) is 1. The molecule has 4 aromatic rings.